The number of hydrogen-bond donors (Lipinski definition) is 1. The average Bonchev–Trinajstić information content (AvgIpc) is 3.49. The number of halogens is 2. The second-order valence-electron chi connectivity index (χ2n) is 10.5. The van der Waals surface area contributed by atoms with E-state index in [1.807, 2.05) is 18.4 Å². The van der Waals surface area contributed by atoms with Gasteiger partial charge in [-0.15, -0.1) is 0 Å². The van der Waals surface area contributed by atoms with Crippen molar-refractivity contribution in [3.8, 4) is 11.1 Å². The van der Waals surface area contributed by atoms with Crippen molar-refractivity contribution >= 4 is 28.2 Å². The molecule has 11 heteroatoms. The summed E-state index contributed by atoms with van der Waals surface area (Å²) in [5.74, 6) is -1.88. The number of nitrogens with two attached hydrogens (primary N) is 1. The first kappa shape index (κ1) is 27.0. The van der Waals surface area contributed by atoms with Gasteiger partial charge in [0.2, 0.25) is 0 Å². The van der Waals surface area contributed by atoms with E-state index in [0.29, 0.717) is 52.2 Å². The van der Waals surface area contributed by atoms with Crippen molar-refractivity contribution in [1.29, 1.82) is 0 Å². The topological polar surface area (TPSA) is 122 Å². The zero-order chi connectivity index (χ0) is 29.5. The molecule has 0 fully saturated rings. The van der Waals surface area contributed by atoms with Crippen molar-refractivity contribution in [2.75, 3.05) is 0 Å². The van der Waals surface area contributed by atoms with Crippen molar-refractivity contribution in [2.24, 2.45) is 11.7 Å². The van der Waals surface area contributed by atoms with Gasteiger partial charge in [-0.3, -0.25) is 14.3 Å². The molecule has 6 rings (SSSR count). The number of amides is 1. The monoisotopic (exact) mass is 568 g/mol. The van der Waals surface area contributed by atoms with Gasteiger partial charge < -0.3 is 14.7 Å². The number of imidazole rings is 1. The predicted octanol–water partition coefficient (Wildman–Crippen LogP) is 5.07. The highest BCUT2D eigenvalue weighted by molar-refractivity contribution is 6.08. The lowest BCUT2D eigenvalue weighted by atomic mass is 9.93. The SMILES string of the molecule is CC(C)Cc1nc2c(ncn2Cc2ccc(F)cc2)c(-c2ccc3c(c2)oc(=O)n3Cc2ccc(F)cn2)c1C(N)=O. The third-order valence-corrected chi connectivity index (χ3v) is 7.01. The fourth-order valence-corrected chi connectivity index (χ4v) is 5.13. The fraction of sp³-hybridized carbons (Fsp3) is 0.194. The minimum Gasteiger partial charge on any atom is -0.408 e. The van der Waals surface area contributed by atoms with Crippen LogP contribution in [-0.2, 0) is 19.5 Å². The molecule has 42 heavy (non-hydrogen) atoms. The Hall–Kier alpha value is -5.19. The van der Waals surface area contributed by atoms with E-state index in [2.05, 4.69) is 9.97 Å². The van der Waals surface area contributed by atoms with Gasteiger partial charge in [0.1, 0.15) is 17.2 Å². The highest BCUT2D eigenvalue weighted by Gasteiger charge is 2.25. The number of oxazole rings is 1. The standard InChI is InChI=1S/C31H26F2N6O3/c1-17(2)11-23-27(29(34)40)26(28-30(37-23)38(16-36-28)14-18-3-6-20(32)7-4-18)19-5-10-24-25(12-19)42-31(41)39(24)15-22-9-8-21(33)13-35-22/h3-10,12-13,16-17H,11,14-15H2,1-2H3,(H2,34,40). The molecule has 0 aliphatic rings. The maximum Gasteiger partial charge on any atom is 0.420 e. The Labute approximate surface area is 238 Å². The quantitative estimate of drug-likeness (QED) is 0.274. The van der Waals surface area contributed by atoms with Gasteiger partial charge in [-0.05, 0) is 59.9 Å². The van der Waals surface area contributed by atoms with Crippen LogP contribution >= 0.6 is 0 Å². The molecule has 0 unspecified atom stereocenters. The summed E-state index contributed by atoms with van der Waals surface area (Å²) in [7, 11) is 0. The number of primary amides is 1. The summed E-state index contributed by atoms with van der Waals surface area (Å²) in [6.45, 7) is 4.51. The van der Waals surface area contributed by atoms with Crippen LogP contribution in [0.3, 0.4) is 0 Å². The number of rotatable bonds is 8. The van der Waals surface area contributed by atoms with Crippen LogP contribution in [0.5, 0.6) is 0 Å². The number of hydrogen-bond acceptors (Lipinski definition) is 6. The minimum absolute atomic E-state index is 0.0871. The lowest BCUT2D eigenvalue weighted by Crippen LogP contribution is -2.18. The Morgan fingerprint density at radius 2 is 1.76 bits per heavy atom. The van der Waals surface area contributed by atoms with E-state index in [9.17, 15) is 18.4 Å². The number of fused-ring (bicyclic) bond motifs is 2. The molecule has 0 spiro atoms. The van der Waals surface area contributed by atoms with Crippen molar-refractivity contribution < 1.29 is 18.0 Å². The molecule has 212 valence electrons. The molecule has 4 heterocycles. The maximum absolute atomic E-state index is 13.5. The number of aromatic nitrogens is 5. The smallest absolute Gasteiger partial charge is 0.408 e. The van der Waals surface area contributed by atoms with Gasteiger partial charge in [-0.1, -0.05) is 32.0 Å². The van der Waals surface area contributed by atoms with E-state index < -0.39 is 17.5 Å². The highest BCUT2D eigenvalue weighted by atomic mass is 19.1. The molecule has 9 nitrogen and oxygen atoms in total. The molecule has 4 aromatic heterocycles. The molecule has 0 atom stereocenters. The summed E-state index contributed by atoms with van der Waals surface area (Å²) in [5.41, 5.74) is 10.9. The Morgan fingerprint density at radius 1 is 1.00 bits per heavy atom. The number of nitrogens with zero attached hydrogens (tertiary/aromatic N) is 5. The van der Waals surface area contributed by atoms with Gasteiger partial charge >= 0.3 is 5.76 Å². The predicted molar refractivity (Wildman–Crippen MR) is 153 cm³/mol. The van der Waals surface area contributed by atoms with E-state index in [0.717, 1.165) is 11.8 Å². The first-order chi connectivity index (χ1) is 20.2. The molecule has 2 N–H and O–H groups in total. The van der Waals surface area contributed by atoms with Crippen LogP contribution in [0.25, 0.3) is 33.4 Å². The fourth-order valence-electron chi connectivity index (χ4n) is 5.13. The second kappa shape index (κ2) is 10.7. The molecule has 1 amide bonds. The van der Waals surface area contributed by atoms with Gasteiger partial charge in [0.05, 0.1) is 48.1 Å². The summed E-state index contributed by atoms with van der Waals surface area (Å²) < 4.78 is 35.6. The summed E-state index contributed by atoms with van der Waals surface area (Å²) >= 11 is 0. The highest BCUT2D eigenvalue weighted by Crippen LogP contribution is 2.35. The number of carbonyl (C=O) groups is 1. The Bertz CT molecular complexity index is 2010. The zero-order valence-electron chi connectivity index (χ0n) is 22.8. The van der Waals surface area contributed by atoms with Crippen LogP contribution in [0.2, 0.25) is 0 Å². The van der Waals surface area contributed by atoms with Gasteiger partial charge in [0.15, 0.2) is 11.2 Å². The first-order valence-corrected chi connectivity index (χ1v) is 13.3. The largest absolute Gasteiger partial charge is 0.420 e. The van der Waals surface area contributed by atoms with Gasteiger partial charge in [-0.2, -0.15) is 0 Å². The molecule has 0 aliphatic carbocycles. The maximum atomic E-state index is 13.5. The summed E-state index contributed by atoms with van der Waals surface area (Å²) in [4.78, 5) is 39.2. The molecule has 0 bridgehead atoms. The van der Waals surface area contributed by atoms with Crippen molar-refractivity contribution in [3.05, 3.63) is 112 Å². The van der Waals surface area contributed by atoms with Crippen LogP contribution < -0.4 is 11.5 Å². The second-order valence-corrected chi connectivity index (χ2v) is 10.5. The third-order valence-electron chi connectivity index (χ3n) is 7.01. The molecule has 6 aromatic rings. The molecular formula is C31H26F2N6O3. The Morgan fingerprint density at radius 3 is 2.45 bits per heavy atom. The lowest BCUT2D eigenvalue weighted by Gasteiger charge is -2.15. The normalized spacial score (nSPS) is 11.6. The minimum atomic E-state index is -0.648. The van der Waals surface area contributed by atoms with E-state index in [1.165, 1.54) is 28.8 Å². The molecular weight excluding hydrogens is 542 g/mol. The van der Waals surface area contributed by atoms with Crippen molar-refractivity contribution in [1.82, 2.24) is 24.1 Å². The number of pyridine rings is 2. The number of carbonyl (C=O) groups excluding carboxylic acids is 1. The van der Waals surface area contributed by atoms with Crippen LogP contribution in [-0.4, -0.2) is 30.0 Å². The lowest BCUT2D eigenvalue weighted by molar-refractivity contribution is 0.0999. The van der Waals surface area contributed by atoms with Gasteiger partial charge in [-0.25, -0.2) is 23.5 Å². The van der Waals surface area contributed by atoms with E-state index in [1.54, 1.807) is 36.7 Å². The van der Waals surface area contributed by atoms with Crippen molar-refractivity contribution in [2.45, 2.75) is 33.4 Å². The van der Waals surface area contributed by atoms with Gasteiger partial charge in [0, 0.05) is 5.56 Å². The van der Waals surface area contributed by atoms with Crippen molar-refractivity contribution in [3.63, 3.8) is 0 Å². The molecule has 0 aliphatic heterocycles. The molecule has 0 saturated carbocycles. The summed E-state index contributed by atoms with van der Waals surface area (Å²) in [6.07, 6.45) is 3.20. The van der Waals surface area contributed by atoms with Gasteiger partial charge in [0.25, 0.3) is 5.91 Å². The first-order valence-electron chi connectivity index (χ1n) is 13.3. The summed E-state index contributed by atoms with van der Waals surface area (Å²) in [6, 6.07) is 14.1. The van der Waals surface area contributed by atoms with Crippen LogP contribution in [0, 0.1) is 17.6 Å². The molecule has 0 saturated heterocycles. The van der Waals surface area contributed by atoms with E-state index >= 15 is 0 Å². The van der Waals surface area contributed by atoms with E-state index in [4.69, 9.17) is 15.1 Å². The average molecular weight is 569 g/mol. The van der Waals surface area contributed by atoms with Crippen LogP contribution in [0.15, 0.2) is 76.3 Å². The third kappa shape index (κ3) is 5.05. The van der Waals surface area contributed by atoms with Crippen LogP contribution in [0.1, 0.15) is 41.2 Å². The summed E-state index contributed by atoms with van der Waals surface area (Å²) in [5, 5.41) is 0. The Kier molecular flexibility index (Phi) is 6.85. The van der Waals surface area contributed by atoms with Crippen LogP contribution in [0.4, 0.5) is 8.78 Å². The zero-order valence-corrected chi connectivity index (χ0v) is 22.8. The van der Waals surface area contributed by atoms with E-state index in [-0.39, 0.29) is 29.4 Å². The Balaban J connectivity index is 1.52. The number of benzene rings is 2. The molecule has 0 radical (unpaired) electrons. The molecule has 2 aromatic carbocycles.